The molecule has 0 aliphatic carbocycles. The number of anilines is 1. The maximum atomic E-state index is 12.7. The Kier molecular flexibility index (Phi) is 4.22. The van der Waals surface area contributed by atoms with Gasteiger partial charge in [-0.3, -0.25) is 9.69 Å². The summed E-state index contributed by atoms with van der Waals surface area (Å²) in [6.45, 7) is 6.15. The van der Waals surface area contributed by atoms with Crippen molar-refractivity contribution in [2.45, 2.75) is 26.3 Å². The molecule has 104 valence electrons. The highest BCUT2D eigenvalue weighted by atomic mass is 16.2. The van der Waals surface area contributed by atoms with Gasteiger partial charge in [0.2, 0.25) is 5.91 Å². The molecule has 2 rings (SSSR count). The Labute approximate surface area is 115 Å². The number of benzene rings is 1. The Balaban J connectivity index is 2.37. The molecule has 2 N–H and O–H groups in total. The van der Waals surface area contributed by atoms with Crippen molar-refractivity contribution in [3.05, 3.63) is 29.3 Å². The zero-order chi connectivity index (χ0) is 14.0. The van der Waals surface area contributed by atoms with E-state index in [9.17, 15) is 4.79 Å². The molecule has 1 fully saturated rings. The fourth-order valence-corrected chi connectivity index (χ4v) is 2.64. The first-order chi connectivity index (χ1) is 9.04. The molecule has 0 spiro atoms. The molecule has 1 heterocycles. The van der Waals surface area contributed by atoms with Gasteiger partial charge in [0.25, 0.3) is 0 Å². The maximum absolute atomic E-state index is 12.7. The lowest BCUT2D eigenvalue weighted by Crippen LogP contribution is -2.48. The predicted molar refractivity (Wildman–Crippen MR) is 78.4 cm³/mol. The van der Waals surface area contributed by atoms with Crippen LogP contribution in [0, 0.1) is 13.8 Å². The first-order valence-electron chi connectivity index (χ1n) is 6.83. The summed E-state index contributed by atoms with van der Waals surface area (Å²) in [5, 5.41) is 0. The average Bonchev–Trinajstić information content (AvgIpc) is 2.51. The molecule has 4 heteroatoms. The molecular weight excluding hydrogens is 238 g/mol. The molecule has 1 aliphatic heterocycles. The molecule has 1 atom stereocenters. The van der Waals surface area contributed by atoms with E-state index in [2.05, 4.69) is 30.0 Å². The third-order valence-corrected chi connectivity index (χ3v) is 3.85. The van der Waals surface area contributed by atoms with Gasteiger partial charge in [0.1, 0.15) is 6.04 Å². The second-order valence-electron chi connectivity index (χ2n) is 5.37. The number of rotatable bonds is 2. The Hall–Kier alpha value is -1.39. The van der Waals surface area contributed by atoms with Gasteiger partial charge < -0.3 is 10.6 Å². The van der Waals surface area contributed by atoms with Crippen LogP contribution in [0.4, 0.5) is 5.69 Å². The minimum absolute atomic E-state index is 0.121. The van der Waals surface area contributed by atoms with Gasteiger partial charge in [-0.05, 0) is 44.5 Å². The second-order valence-corrected chi connectivity index (χ2v) is 5.37. The van der Waals surface area contributed by atoms with Crippen LogP contribution in [0.25, 0.3) is 0 Å². The van der Waals surface area contributed by atoms with Crippen molar-refractivity contribution in [1.29, 1.82) is 0 Å². The molecule has 1 saturated heterocycles. The van der Waals surface area contributed by atoms with E-state index in [0.717, 1.165) is 30.8 Å². The first-order valence-corrected chi connectivity index (χ1v) is 6.83. The number of hydrogen-bond donors (Lipinski definition) is 1. The van der Waals surface area contributed by atoms with Gasteiger partial charge in [-0.15, -0.1) is 0 Å². The third kappa shape index (κ3) is 2.80. The van der Waals surface area contributed by atoms with Crippen molar-refractivity contribution in [2.24, 2.45) is 5.73 Å². The molecule has 0 aromatic heterocycles. The number of nitrogens with zero attached hydrogens (tertiary/aromatic N) is 2. The topological polar surface area (TPSA) is 49.6 Å². The van der Waals surface area contributed by atoms with Crippen LogP contribution in [-0.2, 0) is 4.79 Å². The molecule has 1 aliphatic rings. The molecule has 4 nitrogen and oxygen atoms in total. The maximum Gasteiger partial charge on any atom is 0.245 e. The van der Waals surface area contributed by atoms with Crippen molar-refractivity contribution in [2.75, 3.05) is 31.6 Å². The van der Waals surface area contributed by atoms with E-state index >= 15 is 0 Å². The molecule has 1 aromatic carbocycles. The Morgan fingerprint density at radius 3 is 2.74 bits per heavy atom. The van der Waals surface area contributed by atoms with Gasteiger partial charge >= 0.3 is 0 Å². The number of carbonyl (C=O) groups is 1. The number of carbonyl (C=O) groups excluding carboxylic acids is 1. The largest absolute Gasteiger partial charge is 0.328 e. The summed E-state index contributed by atoms with van der Waals surface area (Å²) < 4.78 is 0. The summed E-state index contributed by atoms with van der Waals surface area (Å²) in [5.74, 6) is 0.121. The van der Waals surface area contributed by atoms with Gasteiger partial charge in [0, 0.05) is 25.3 Å². The minimum atomic E-state index is -0.206. The van der Waals surface area contributed by atoms with Crippen molar-refractivity contribution >= 4 is 11.6 Å². The van der Waals surface area contributed by atoms with E-state index in [1.54, 1.807) is 0 Å². The summed E-state index contributed by atoms with van der Waals surface area (Å²) in [6, 6.07) is 6.03. The van der Waals surface area contributed by atoms with Crippen molar-refractivity contribution in [1.82, 2.24) is 4.90 Å². The quantitative estimate of drug-likeness (QED) is 0.873. The van der Waals surface area contributed by atoms with Crippen LogP contribution in [0.5, 0.6) is 0 Å². The normalized spacial score (nSPS) is 21.6. The van der Waals surface area contributed by atoms with Crippen molar-refractivity contribution in [3.8, 4) is 0 Å². The van der Waals surface area contributed by atoms with E-state index in [0.29, 0.717) is 6.54 Å². The summed E-state index contributed by atoms with van der Waals surface area (Å²) in [7, 11) is 1.97. The van der Waals surface area contributed by atoms with Crippen LogP contribution in [0.2, 0.25) is 0 Å². The van der Waals surface area contributed by atoms with Crippen molar-refractivity contribution < 1.29 is 4.79 Å². The highest BCUT2D eigenvalue weighted by molar-refractivity contribution is 5.98. The van der Waals surface area contributed by atoms with Crippen LogP contribution in [0.1, 0.15) is 17.5 Å². The van der Waals surface area contributed by atoms with Gasteiger partial charge in [-0.2, -0.15) is 0 Å². The van der Waals surface area contributed by atoms with Gasteiger partial charge in [-0.1, -0.05) is 12.1 Å². The molecule has 19 heavy (non-hydrogen) atoms. The first kappa shape index (κ1) is 14.0. The SMILES string of the molecule is Cc1ccc(C)c(N2CCCN(C)C(CN)C2=O)c1. The molecule has 1 amide bonds. The molecule has 1 aromatic rings. The highest BCUT2D eigenvalue weighted by Gasteiger charge is 2.30. The third-order valence-electron chi connectivity index (χ3n) is 3.85. The number of nitrogens with two attached hydrogens (primary N) is 1. The number of amides is 1. The van der Waals surface area contributed by atoms with Crippen LogP contribution >= 0.6 is 0 Å². The van der Waals surface area contributed by atoms with E-state index in [1.807, 2.05) is 18.9 Å². The Morgan fingerprint density at radius 2 is 2.05 bits per heavy atom. The lowest BCUT2D eigenvalue weighted by atomic mass is 10.1. The summed E-state index contributed by atoms with van der Waals surface area (Å²) in [5.41, 5.74) is 9.11. The highest BCUT2D eigenvalue weighted by Crippen LogP contribution is 2.24. The number of aryl methyl sites for hydroxylation is 2. The van der Waals surface area contributed by atoms with E-state index < -0.39 is 0 Å². The standard InChI is InChI=1S/C15H23N3O/c1-11-5-6-12(2)13(9-11)18-8-4-7-17(3)14(10-16)15(18)19/h5-6,9,14H,4,7-8,10,16H2,1-3H3. The van der Waals surface area contributed by atoms with E-state index in [4.69, 9.17) is 5.73 Å². The van der Waals surface area contributed by atoms with Gasteiger partial charge in [-0.25, -0.2) is 0 Å². The molecule has 1 unspecified atom stereocenters. The zero-order valence-corrected chi connectivity index (χ0v) is 12.0. The minimum Gasteiger partial charge on any atom is -0.328 e. The zero-order valence-electron chi connectivity index (χ0n) is 12.0. The Morgan fingerprint density at radius 1 is 1.32 bits per heavy atom. The van der Waals surface area contributed by atoms with Crippen LogP contribution in [0.3, 0.4) is 0 Å². The molecule has 0 bridgehead atoms. The monoisotopic (exact) mass is 261 g/mol. The van der Waals surface area contributed by atoms with E-state index in [-0.39, 0.29) is 11.9 Å². The molecule has 0 saturated carbocycles. The lowest BCUT2D eigenvalue weighted by molar-refractivity contribution is -0.122. The van der Waals surface area contributed by atoms with Crippen LogP contribution in [-0.4, -0.2) is 43.5 Å². The fourth-order valence-electron chi connectivity index (χ4n) is 2.64. The Bertz CT molecular complexity index is 472. The summed E-state index contributed by atoms with van der Waals surface area (Å²) in [4.78, 5) is 16.6. The van der Waals surface area contributed by atoms with Gasteiger partial charge in [0.15, 0.2) is 0 Å². The van der Waals surface area contributed by atoms with Crippen LogP contribution in [0.15, 0.2) is 18.2 Å². The smallest absolute Gasteiger partial charge is 0.245 e. The number of likely N-dealkylation sites (N-methyl/N-ethyl adjacent to an activating group) is 1. The lowest BCUT2D eigenvalue weighted by Gasteiger charge is -2.28. The van der Waals surface area contributed by atoms with E-state index in [1.165, 1.54) is 5.56 Å². The second kappa shape index (κ2) is 5.72. The summed E-state index contributed by atoms with van der Waals surface area (Å²) in [6.07, 6.45) is 0.978. The predicted octanol–water partition coefficient (Wildman–Crippen LogP) is 1.30. The molecule has 0 radical (unpaired) electrons. The van der Waals surface area contributed by atoms with Crippen LogP contribution < -0.4 is 10.6 Å². The fraction of sp³-hybridized carbons (Fsp3) is 0.533. The number of hydrogen-bond acceptors (Lipinski definition) is 3. The molecular formula is C15H23N3O. The van der Waals surface area contributed by atoms with Crippen molar-refractivity contribution in [3.63, 3.8) is 0 Å². The average molecular weight is 261 g/mol. The van der Waals surface area contributed by atoms with Gasteiger partial charge in [0.05, 0.1) is 0 Å². The summed E-state index contributed by atoms with van der Waals surface area (Å²) >= 11 is 0.